The maximum atomic E-state index is 13.0. The van der Waals surface area contributed by atoms with Crippen molar-refractivity contribution in [3.05, 3.63) is 83.7 Å². The monoisotopic (exact) mass is 348 g/mol. The first-order valence-electron chi connectivity index (χ1n) is 8.58. The smallest absolute Gasteiger partial charge is 0.232 e. The molecule has 1 aliphatic rings. The van der Waals surface area contributed by atoms with Gasteiger partial charge in [0.05, 0.1) is 5.92 Å². The third-order valence-electron chi connectivity index (χ3n) is 4.74. The van der Waals surface area contributed by atoms with Crippen molar-refractivity contribution in [1.29, 1.82) is 0 Å². The molecule has 4 rings (SSSR count). The lowest BCUT2D eigenvalue weighted by atomic mass is 9.87. The van der Waals surface area contributed by atoms with Gasteiger partial charge in [-0.25, -0.2) is 0 Å². The van der Waals surface area contributed by atoms with E-state index in [1.165, 1.54) is 0 Å². The van der Waals surface area contributed by atoms with Crippen LogP contribution in [0.1, 0.15) is 28.8 Å². The van der Waals surface area contributed by atoms with Gasteiger partial charge in [0.25, 0.3) is 0 Å². The van der Waals surface area contributed by atoms with Gasteiger partial charge >= 0.3 is 0 Å². The van der Waals surface area contributed by atoms with Crippen LogP contribution in [0.3, 0.4) is 0 Å². The zero-order chi connectivity index (χ0) is 18.1. The highest BCUT2D eigenvalue weighted by Crippen LogP contribution is 2.43. The van der Waals surface area contributed by atoms with Gasteiger partial charge in [-0.15, -0.1) is 0 Å². The number of hydrogen-bond acceptors (Lipinski definition) is 3. The number of benzene rings is 2. The number of fused-ring (bicyclic) bond motifs is 2. The van der Waals surface area contributed by atoms with Crippen molar-refractivity contribution in [3.63, 3.8) is 0 Å². The fourth-order valence-corrected chi connectivity index (χ4v) is 3.42. The van der Waals surface area contributed by atoms with Crippen molar-refractivity contribution in [3.8, 4) is 11.5 Å². The maximum absolute atomic E-state index is 13.0. The van der Waals surface area contributed by atoms with Gasteiger partial charge in [-0.05, 0) is 24.3 Å². The summed E-state index contributed by atoms with van der Waals surface area (Å²) in [6.45, 7) is 0.151. The molecule has 26 heavy (non-hydrogen) atoms. The van der Waals surface area contributed by atoms with Gasteiger partial charge in [0.15, 0.2) is 0 Å². The van der Waals surface area contributed by atoms with Crippen molar-refractivity contribution in [2.75, 3.05) is 6.54 Å². The second-order valence-corrected chi connectivity index (χ2v) is 6.42. The molecule has 1 atom stereocenters. The van der Waals surface area contributed by atoms with Crippen LogP contribution < -0.4 is 10.1 Å². The number of nitrogens with zero attached hydrogens (tertiary/aromatic N) is 1. The number of aromatic nitrogens is 1. The zero-order valence-electron chi connectivity index (χ0n) is 14.4. The van der Waals surface area contributed by atoms with E-state index < -0.39 is 12.0 Å². The molecule has 1 amide bonds. The SMILES string of the molecule is Cn1cccc1[C@H](O)CNC(=O)C1c2ccccc2Oc2ccccc21. The molecular formula is C21H20N2O3. The van der Waals surface area contributed by atoms with Gasteiger partial charge in [-0.3, -0.25) is 4.79 Å². The first-order chi connectivity index (χ1) is 12.6. The Labute approximate surface area is 151 Å². The summed E-state index contributed by atoms with van der Waals surface area (Å²) in [5, 5.41) is 13.3. The Morgan fingerprint density at radius 1 is 1.08 bits per heavy atom. The van der Waals surface area contributed by atoms with Crippen molar-refractivity contribution >= 4 is 5.91 Å². The molecule has 0 saturated heterocycles. The first-order valence-corrected chi connectivity index (χ1v) is 8.58. The summed E-state index contributed by atoms with van der Waals surface area (Å²) in [6, 6.07) is 18.8. The number of aliphatic hydroxyl groups is 1. The third-order valence-corrected chi connectivity index (χ3v) is 4.74. The summed E-state index contributed by atoms with van der Waals surface area (Å²) in [7, 11) is 1.87. The van der Waals surface area contributed by atoms with E-state index in [2.05, 4.69) is 5.32 Å². The highest BCUT2D eigenvalue weighted by atomic mass is 16.5. The van der Waals surface area contributed by atoms with Crippen LogP contribution in [0.15, 0.2) is 66.9 Å². The Morgan fingerprint density at radius 3 is 2.27 bits per heavy atom. The molecule has 0 radical (unpaired) electrons. The van der Waals surface area contributed by atoms with Gasteiger partial charge in [-0.2, -0.15) is 0 Å². The van der Waals surface area contributed by atoms with Crippen molar-refractivity contribution in [2.24, 2.45) is 7.05 Å². The number of carbonyl (C=O) groups is 1. The van der Waals surface area contributed by atoms with Crippen molar-refractivity contribution in [2.45, 2.75) is 12.0 Å². The van der Waals surface area contributed by atoms with Crippen LogP contribution in [0, 0.1) is 0 Å². The van der Waals surface area contributed by atoms with Crippen LogP contribution in [0.4, 0.5) is 0 Å². The van der Waals surface area contributed by atoms with Crippen LogP contribution in [0.5, 0.6) is 11.5 Å². The number of carbonyl (C=O) groups excluding carboxylic acids is 1. The number of aliphatic hydroxyl groups excluding tert-OH is 1. The largest absolute Gasteiger partial charge is 0.457 e. The molecule has 0 bridgehead atoms. The molecule has 132 valence electrons. The highest BCUT2D eigenvalue weighted by Gasteiger charge is 2.32. The fraction of sp³-hybridized carbons (Fsp3) is 0.190. The van der Waals surface area contributed by atoms with Crippen molar-refractivity contribution < 1.29 is 14.6 Å². The van der Waals surface area contributed by atoms with E-state index in [1.807, 2.05) is 78.5 Å². The number of para-hydroxylation sites is 2. The predicted octanol–water partition coefficient (Wildman–Crippen LogP) is 3.11. The average molecular weight is 348 g/mol. The van der Waals surface area contributed by atoms with E-state index in [0.717, 1.165) is 16.8 Å². The van der Waals surface area contributed by atoms with Crippen LogP contribution in [0.25, 0.3) is 0 Å². The summed E-state index contributed by atoms with van der Waals surface area (Å²) in [5.41, 5.74) is 2.42. The van der Waals surface area contributed by atoms with Crippen LogP contribution in [-0.4, -0.2) is 22.1 Å². The number of nitrogens with one attached hydrogen (secondary N) is 1. The molecule has 2 aromatic carbocycles. The molecule has 5 nitrogen and oxygen atoms in total. The Balaban J connectivity index is 1.59. The Kier molecular flexibility index (Phi) is 4.22. The summed E-state index contributed by atoms with van der Waals surface area (Å²) < 4.78 is 7.77. The third kappa shape index (κ3) is 2.86. The molecule has 0 saturated carbocycles. The minimum atomic E-state index is -0.760. The maximum Gasteiger partial charge on any atom is 0.232 e. The topological polar surface area (TPSA) is 63.5 Å². The van der Waals surface area contributed by atoms with E-state index in [9.17, 15) is 9.90 Å². The summed E-state index contributed by atoms with van der Waals surface area (Å²) in [4.78, 5) is 13.0. The Morgan fingerprint density at radius 2 is 1.69 bits per heavy atom. The van der Waals surface area contributed by atoms with Gasteiger partial charge in [0.2, 0.25) is 5.91 Å². The highest BCUT2D eigenvalue weighted by molar-refractivity contribution is 5.89. The molecule has 0 spiro atoms. The zero-order valence-corrected chi connectivity index (χ0v) is 14.4. The molecule has 0 aliphatic carbocycles. The quantitative estimate of drug-likeness (QED) is 0.761. The molecule has 1 aliphatic heterocycles. The summed E-state index contributed by atoms with van der Waals surface area (Å²) >= 11 is 0. The normalized spacial score (nSPS) is 14.1. The number of rotatable bonds is 4. The molecular weight excluding hydrogens is 328 g/mol. The first kappa shape index (κ1) is 16.4. The van der Waals surface area contributed by atoms with Gasteiger partial charge in [-0.1, -0.05) is 36.4 Å². The van der Waals surface area contributed by atoms with Gasteiger partial charge in [0.1, 0.15) is 17.6 Å². The van der Waals surface area contributed by atoms with E-state index in [-0.39, 0.29) is 12.5 Å². The van der Waals surface area contributed by atoms with Crippen LogP contribution >= 0.6 is 0 Å². The molecule has 3 aromatic rings. The number of hydrogen-bond donors (Lipinski definition) is 2. The Hall–Kier alpha value is -3.05. The van der Waals surface area contributed by atoms with Crippen molar-refractivity contribution in [1.82, 2.24) is 9.88 Å². The average Bonchev–Trinajstić information content (AvgIpc) is 3.10. The summed E-state index contributed by atoms with van der Waals surface area (Å²) in [6.07, 6.45) is 1.11. The number of aryl methyl sites for hydroxylation is 1. The molecule has 0 fully saturated rings. The molecule has 1 aromatic heterocycles. The van der Waals surface area contributed by atoms with E-state index in [0.29, 0.717) is 11.5 Å². The predicted molar refractivity (Wildman–Crippen MR) is 98.2 cm³/mol. The lowest BCUT2D eigenvalue weighted by molar-refractivity contribution is -0.122. The standard InChI is InChI=1S/C21H20N2O3/c1-23-12-6-9-16(23)17(24)13-22-21(25)20-14-7-2-4-10-18(14)26-19-11-5-3-8-15(19)20/h2-12,17,20,24H,13H2,1H3,(H,22,25)/t17-/m1/s1. The van der Waals surface area contributed by atoms with E-state index >= 15 is 0 Å². The van der Waals surface area contributed by atoms with E-state index in [1.54, 1.807) is 0 Å². The van der Waals surface area contributed by atoms with Crippen LogP contribution in [0.2, 0.25) is 0 Å². The van der Waals surface area contributed by atoms with Gasteiger partial charge < -0.3 is 19.7 Å². The minimum absolute atomic E-state index is 0.151. The minimum Gasteiger partial charge on any atom is -0.457 e. The molecule has 2 heterocycles. The molecule has 5 heteroatoms. The molecule has 0 unspecified atom stereocenters. The number of amides is 1. The second kappa shape index (κ2) is 6.69. The van der Waals surface area contributed by atoms with E-state index in [4.69, 9.17) is 4.74 Å². The van der Waals surface area contributed by atoms with Gasteiger partial charge in [0, 0.05) is 36.6 Å². The fourth-order valence-electron chi connectivity index (χ4n) is 3.42. The lowest BCUT2D eigenvalue weighted by Gasteiger charge is -2.27. The lowest BCUT2D eigenvalue weighted by Crippen LogP contribution is -2.34. The second-order valence-electron chi connectivity index (χ2n) is 6.42. The summed E-state index contributed by atoms with van der Waals surface area (Å²) in [5.74, 6) is 0.766. The Bertz CT molecular complexity index is 902. The number of ether oxygens (including phenoxy) is 1. The molecule has 2 N–H and O–H groups in total. The van der Waals surface area contributed by atoms with Crippen LogP contribution in [-0.2, 0) is 11.8 Å².